The number of ether oxygens (including phenoxy) is 1. The number of carbonyl (C=O) groups is 4. The summed E-state index contributed by atoms with van der Waals surface area (Å²) in [5.41, 5.74) is 3.68. The van der Waals surface area contributed by atoms with Gasteiger partial charge in [-0.1, -0.05) is 13.8 Å². The fourth-order valence-corrected chi connectivity index (χ4v) is 4.41. The minimum Gasteiger partial charge on any atom is -0.507 e. The van der Waals surface area contributed by atoms with Gasteiger partial charge in [-0.3, -0.25) is 19.2 Å². The van der Waals surface area contributed by atoms with E-state index in [1.54, 1.807) is 0 Å². The SMILES string of the molecule is CC(=O)c1c(O)c(C)c(O)c2c1OC1=CC(=O)C(=C(C)NC(CC(C)C)C(N)=O)C(=O)C12C. The van der Waals surface area contributed by atoms with Gasteiger partial charge in [-0.05, 0) is 40.0 Å². The smallest absolute Gasteiger partial charge is 0.239 e. The minimum atomic E-state index is -1.62. The molecule has 0 saturated heterocycles. The van der Waals surface area contributed by atoms with Crippen LogP contribution >= 0.6 is 0 Å². The van der Waals surface area contributed by atoms with Crippen LogP contribution in [0, 0.1) is 12.8 Å². The number of benzene rings is 1. The third kappa shape index (κ3) is 3.57. The number of ketones is 3. The third-order valence-corrected chi connectivity index (χ3v) is 6.20. The molecule has 5 N–H and O–H groups in total. The number of rotatable bonds is 6. The van der Waals surface area contributed by atoms with Crippen molar-refractivity contribution in [3.8, 4) is 17.2 Å². The van der Waals surface area contributed by atoms with Crippen LogP contribution in [0.2, 0.25) is 0 Å². The van der Waals surface area contributed by atoms with E-state index in [1.165, 1.54) is 27.7 Å². The van der Waals surface area contributed by atoms with Gasteiger partial charge in [0.1, 0.15) is 40.0 Å². The standard InChI is InChI=1S/C24H28N2O7/c1-9(2)7-13(23(25)32)26-11(4)16-14(28)8-15-24(6,22(16)31)18-20(30)10(3)19(29)17(12(5)27)21(18)33-15/h8-9,13,26,29-30H,7H2,1-6H3,(H2,25,32). The number of hydrogen-bond acceptors (Lipinski definition) is 8. The van der Waals surface area contributed by atoms with E-state index in [0.29, 0.717) is 6.42 Å². The number of nitrogens with two attached hydrogens (primary N) is 1. The second kappa shape index (κ2) is 8.06. The number of hydrogen-bond donors (Lipinski definition) is 4. The second-order valence-corrected chi connectivity index (χ2v) is 9.12. The number of carbonyl (C=O) groups excluding carboxylic acids is 4. The normalized spacial score (nSPS) is 21.7. The van der Waals surface area contributed by atoms with E-state index in [9.17, 15) is 29.4 Å². The van der Waals surface area contributed by atoms with Crippen molar-refractivity contribution < 1.29 is 34.1 Å². The van der Waals surface area contributed by atoms with Crippen molar-refractivity contribution in [1.29, 1.82) is 0 Å². The molecular weight excluding hydrogens is 428 g/mol. The van der Waals surface area contributed by atoms with Crippen LogP contribution in [0.3, 0.4) is 0 Å². The number of nitrogens with one attached hydrogen (secondary N) is 1. The summed E-state index contributed by atoms with van der Waals surface area (Å²) in [6, 6.07) is -0.791. The predicted molar refractivity (Wildman–Crippen MR) is 119 cm³/mol. The zero-order chi connectivity index (χ0) is 25.0. The Bertz CT molecular complexity index is 1180. The van der Waals surface area contributed by atoms with Gasteiger partial charge in [0.25, 0.3) is 0 Å². The van der Waals surface area contributed by atoms with Crippen LogP contribution in [-0.4, -0.2) is 39.5 Å². The van der Waals surface area contributed by atoms with Crippen molar-refractivity contribution >= 4 is 23.3 Å². The number of phenolic OH excluding ortho intramolecular Hbond substituents is 2. The molecule has 1 aromatic carbocycles. The van der Waals surface area contributed by atoms with Crippen molar-refractivity contribution in [3.63, 3.8) is 0 Å². The highest BCUT2D eigenvalue weighted by atomic mass is 16.5. The Morgan fingerprint density at radius 2 is 1.79 bits per heavy atom. The molecule has 33 heavy (non-hydrogen) atoms. The van der Waals surface area contributed by atoms with E-state index >= 15 is 0 Å². The van der Waals surface area contributed by atoms with Crippen LogP contribution in [0.1, 0.15) is 62.5 Å². The number of Topliss-reactive ketones (excluding diaryl/α,β-unsaturated/α-hetero) is 2. The van der Waals surface area contributed by atoms with Crippen LogP contribution in [0.15, 0.2) is 23.1 Å². The van der Waals surface area contributed by atoms with Gasteiger partial charge in [0.15, 0.2) is 17.3 Å². The van der Waals surface area contributed by atoms with E-state index < -0.39 is 46.2 Å². The molecule has 0 saturated carbocycles. The van der Waals surface area contributed by atoms with Crippen LogP contribution < -0.4 is 15.8 Å². The molecule has 1 aromatic rings. The topological polar surface area (TPSA) is 156 Å². The molecule has 176 valence electrons. The van der Waals surface area contributed by atoms with Crippen LogP contribution in [0.4, 0.5) is 0 Å². The summed E-state index contributed by atoms with van der Waals surface area (Å²) >= 11 is 0. The fraction of sp³-hybridized carbons (Fsp3) is 0.417. The molecular formula is C24H28N2O7. The lowest BCUT2D eigenvalue weighted by atomic mass is 9.70. The Hall–Kier alpha value is -3.62. The van der Waals surface area contributed by atoms with Gasteiger partial charge in [-0.2, -0.15) is 0 Å². The third-order valence-electron chi connectivity index (χ3n) is 6.20. The molecule has 1 aliphatic carbocycles. The fourth-order valence-electron chi connectivity index (χ4n) is 4.41. The molecule has 2 unspecified atom stereocenters. The van der Waals surface area contributed by atoms with E-state index in [-0.39, 0.29) is 45.4 Å². The van der Waals surface area contributed by atoms with Gasteiger partial charge in [0, 0.05) is 17.3 Å². The Labute approximate surface area is 191 Å². The van der Waals surface area contributed by atoms with Gasteiger partial charge in [0.05, 0.1) is 11.1 Å². The Balaban J connectivity index is 2.21. The Kier molecular flexibility index (Phi) is 5.87. The lowest BCUT2D eigenvalue weighted by Gasteiger charge is -2.29. The predicted octanol–water partition coefficient (Wildman–Crippen LogP) is 2.06. The molecule has 0 spiro atoms. The summed E-state index contributed by atoms with van der Waals surface area (Å²) in [4.78, 5) is 50.8. The van der Waals surface area contributed by atoms with Crippen molar-refractivity contribution in [3.05, 3.63) is 39.8 Å². The zero-order valence-corrected chi connectivity index (χ0v) is 19.5. The van der Waals surface area contributed by atoms with Gasteiger partial charge >= 0.3 is 0 Å². The van der Waals surface area contributed by atoms with Crippen LogP contribution in [0.5, 0.6) is 17.2 Å². The van der Waals surface area contributed by atoms with Gasteiger partial charge in [-0.15, -0.1) is 0 Å². The molecule has 1 aliphatic heterocycles. The Morgan fingerprint density at radius 1 is 1.18 bits per heavy atom. The lowest BCUT2D eigenvalue weighted by molar-refractivity contribution is -0.124. The highest BCUT2D eigenvalue weighted by Gasteiger charge is 2.56. The summed E-state index contributed by atoms with van der Waals surface area (Å²) in [5, 5.41) is 24.1. The van der Waals surface area contributed by atoms with E-state index in [1.807, 2.05) is 13.8 Å². The summed E-state index contributed by atoms with van der Waals surface area (Å²) in [5.74, 6) is -3.40. The largest absolute Gasteiger partial charge is 0.507 e. The highest BCUT2D eigenvalue weighted by Crippen LogP contribution is 2.57. The second-order valence-electron chi connectivity index (χ2n) is 9.12. The van der Waals surface area contributed by atoms with E-state index in [2.05, 4.69) is 5.32 Å². The molecule has 2 atom stereocenters. The molecule has 1 amide bonds. The minimum absolute atomic E-state index is 0.00526. The maximum Gasteiger partial charge on any atom is 0.239 e. The zero-order valence-electron chi connectivity index (χ0n) is 19.5. The number of phenols is 2. The van der Waals surface area contributed by atoms with Gasteiger partial charge in [0.2, 0.25) is 5.91 Å². The maximum absolute atomic E-state index is 13.7. The average molecular weight is 456 g/mol. The van der Waals surface area contributed by atoms with Gasteiger partial charge < -0.3 is 26.0 Å². The molecule has 0 fully saturated rings. The maximum atomic E-state index is 13.7. The molecule has 3 rings (SSSR count). The van der Waals surface area contributed by atoms with Gasteiger partial charge in [-0.25, -0.2) is 0 Å². The molecule has 0 aromatic heterocycles. The molecule has 9 heteroatoms. The van der Waals surface area contributed by atoms with Crippen molar-refractivity contribution in [2.45, 2.75) is 59.4 Å². The van der Waals surface area contributed by atoms with Crippen molar-refractivity contribution in [1.82, 2.24) is 5.32 Å². The van der Waals surface area contributed by atoms with E-state index in [0.717, 1.165) is 6.08 Å². The van der Waals surface area contributed by atoms with Crippen LogP contribution in [-0.2, 0) is 19.8 Å². The summed E-state index contributed by atoms with van der Waals surface area (Å²) in [7, 11) is 0. The molecule has 0 radical (unpaired) electrons. The number of primary amides is 1. The number of allylic oxidation sites excluding steroid dienone is 4. The lowest BCUT2D eigenvalue weighted by Crippen LogP contribution is -2.45. The number of amides is 1. The van der Waals surface area contributed by atoms with Crippen molar-refractivity contribution in [2.75, 3.05) is 0 Å². The molecule has 1 heterocycles. The molecule has 9 nitrogen and oxygen atoms in total. The summed E-state index contributed by atoms with van der Waals surface area (Å²) in [6.07, 6.45) is 1.52. The first kappa shape index (κ1) is 24.0. The van der Waals surface area contributed by atoms with Crippen LogP contribution in [0.25, 0.3) is 0 Å². The first-order valence-corrected chi connectivity index (χ1v) is 10.6. The monoisotopic (exact) mass is 456 g/mol. The van der Waals surface area contributed by atoms with Crippen molar-refractivity contribution in [2.24, 2.45) is 11.7 Å². The average Bonchev–Trinajstić information content (AvgIpc) is 2.98. The van der Waals surface area contributed by atoms with E-state index in [4.69, 9.17) is 10.5 Å². The summed E-state index contributed by atoms with van der Waals surface area (Å²) < 4.78 is 5.73. The highest BCUT2D eigenvalue weighted by molar-refractivity contribution is 6.31. The molecule has 2 aliphatic rings. The summed E-state index contributed by atoms with van der Waals surface area (Å²) in [6.45, 7) is 9.43. The molecule has 0 bridgehead atoms. The number of fused-ring (bicyclic) bond motifs is 3. The quantitative estimate of drug-likeness (QED) is 0.288. The first-order chi connectivity index (χ1) is 15.2. The first-order valence-electron chi connectivity index (χ1n) is 10.6. The number of aromatic hydroxyl groups is 2. The Morgan fingerprint density at radius 3 is 2.30 bits per heavy atom.